The second kappa shape index (κ2) is 15.0. The Morgan fingerprint density at radius 2 is 1.63 bits per heavy atom. The zero-order valence-corrected chi connectivity index (χ0v) is 25.9. The predicted molar refractivity (Wildman–Crippen MR) is 164 cm³/mol. The molecule has 4 aliphatic carbocycles. The van der Waals surface area contributed by atoms with Gasteiger partial charge in [-0.1, -0.05) is 65.5 Å². The van der Waals surface area contributed by atoms with E-state index in [9.17, 15) is 5.11 Å². The van der Waals surface area contributed by atoms with Gasteiger partial charge in [-0.05, 0) is 143 Å². The molecule has 0 bridgehead atoms. The molecule has 4 heteroatoms. The largest absolute Gasteiger partial charge is 0.393 e. The van der Waals surface area contributed by atoms with Gasteiger partial charge in [0.1, 0.15) is 0 Å². The molecule has 0 aliphatic heterocycles. The zero-order valence-electron chi connectivity index (χ0n) is 25.9. The Balaban J connectivity index is 0.000000342. The van der Waals surface area contributed by atoms with Crippen LogP contribution in [0.5, 0.6) is 0 Å². The third-order valence-corrected chi connectivity index (χ3v) is 11.6. The first-order valence-electron chi connectivity index (χ1n) is 16.7. The van der Waals surface area contributed by atoms with Crippen molar-refractivity contribution in [2.45, 2.75) is 131 Å². The van der Waals surface area contributed by atoms with E-state index < -0.39 is 0 Å². The Kier molecular flexibility index (Phi) is 12.7. The second-order valence-corrected chi connectivity index (χ2v) is 14.6. The lowest BCUT2D eigenvalue weighted by molar-refractivity contribution is -0.0573. The van der Waals surface area contributed by atoms with Crippen LogP contribution in [-0.4, -0.2) is 37.4 Å². The first-order valence-corrected chi connectivity index (χ1v) is 16.7. The predicted octanol–water partition coefficient (Wildman–Crippen LogP) is 7.05. The molecule has 0 aromatic rings. The number of nitrogens with one attached hydrogen (secondary N) is 1. The average Bonchev–Trinajstić information content (AvgIpc) is 3.24. The monoisotopic (exact) mass is 532 g/mol. The van der Waals surface area contributed by atoms with Gasteiger partial charge in [-0.3, -0.25) is 0 Å². The SMILES string of the molecule is CC(C)CCC[C@@H](C)[C@H]1CC[C@H]2[C@@H]3CC=C4C[C@@H](O)CC[C@]4(C)[C@H]3CC[C@]12C.NCCCCNCCCN. The van der Waals surface area contributed by atoms with Crippen LogP contribution < -0.4 is 16.8 Å². The smallest absolute Gasteiger partial charge is 0.0577 e. The third kappa shape index (κ3) is 7.65. The highest BCUT2D eigenvalue weighted by molar-refractivity contribution is 5.25. The molecule has 222 valence electrons. The molecular formula is C34H65N3O. The summed E-state index contributed by atoms with van der Waals surface area (Å²) in [5.41, 5.74) is 13.2. The molecule has 0 aromatic carbocycles. The van der Waals surface area contributed by atoms with Gasteiger partial charge in [-0.2, -0.15) is 0 Å². The summed E-state index contributed by atoms with van der Waals surface area (Å²) in [6, 6.07) is 0. The lowest BCUT2D eigenvalue weighted by Gasteiger charge is -2.58. The fourth-order valence-corrected chi connectivity index (χ4v) is 9.41. The van der Waals surface area contributed by atoms with Crippen LogP contribution in [0.25, 0.3) is 0 Å². The van der Waals surface area contributed by atoms with Crippen LogP contribution in [0.2, 0.25) is 0 Å². The number of aliphatic hydroxyl groups excluding tert-OH is 1. The maximum atomic E-state index is 10.2. The molecule has 0 saturated heterocycles. The highest BCUT2D eigenvalue weighted by Gasteiger charge is 2.59. The molecule has 0 aromatic heterocycles. The Hall–Kier alpha value is -0.420. The number of hydrogen-bond donors (Lipinski definition) is 4. The minimum Gasteiger partial charge on any atom is -0.393 e. The highest BCUT2D eigenvalue weighted by atomic mass is 16.3. The van der Waals surface area contributed by atoms with Crippen LogP contribution in [0.4, 0.5) is 0 Å². The molecule has 4 aliphatic rings. The Morgan fingerprint density at radius 1 is 0.895 bits per heavy atom. The standard InChI is InChI=1S/C27H46O.C7H19N3/c1-18(2)7-6-8-19(3)23-11-12-24-22-10-9-20-17-21(28)13-15-26(20,4)25(22)14-16-27(23,24)5;8-4-1-2-6-10-7-3-5-9/h9,18-19,21-25,28H,6-8,10-17H2,1-5H3;10H,1-9H2/t19-,21+,22+,23-,24+,25+,26+,27-;/m1./s1. The van der Waals surface area contributed by atoms with E-state index in [1.165, 1.54) is 64.2 Å². The van der Waals surface area contributed by atoms with Crippen molar-refractivity contribution in [3.05, 3.63) is 11.6 Å². The maximum absolute atomic E-state index is 10.2. The molecule has 4 nitrogen and oxygen atoms in total. The van der Waals surface area contributed by atoms with Gasteiger partial charge in [0.05, 0.1) is 6.10 Å². The van der Waals surface area contributed by atoms with Gasteiger partial charge < -0.3 is 21.9 Å². The summed E-state index contributed by atoms with van der Waals surface area (Å²) in [5, 5.41) is 13.5. The Labute approximate surface area is 236 Å². The van der Waals surface area contributed by atoms with Crippen molar-refractivity contribution in [3.8, 4) is 0 Å². The second-order valence-electron chi connectivity index (χ2n) is 14.6. The van der Waals surface area contributed by atoms with Crippen LogP contribution in [0, 0.1) is 46.3 Å². The molecule has 0 unspecified atom stereocenters. The molecule has 3 fully saturated rings. The van der Waals surface area contributed by atoms with E-state index in [1.807, 2.05) is 0 Å². The van der Waals surface area contributed by atoms with Crippen LogP contribution in [0.3, 0.4) is 0 Å². The number of aliphatic hydroxyl groups is 1. The summed E-state index contributed by atoms with van der Waals surface area (Å²) in [5.74, 6) is 5.46. The highest BCUT2D eigenvalue weighted by Crippen LogP contribution is 2.67. The fourth-order valence-electron chi connectivity index (χ4n) is 9.41. The van der Waals surface area contributed by atoms with Gasteiger partial charge >= 0.3 is 0 Å². The number of nitrogens with two attached hydrogens (primary N) is 2. The van der Waals surface area contributed by atoms with Crippen LogP contribution in [-0.2, 0) is 0 Å². The van der Waals surface area contributed by atoms with Crippen LogP contribution in [0.15, 0.2) is 11.6 Å². The van der Waals surface area contributed by atoms with E-state index in [4.69, 9.17) is 11.5 Å². The molecule has 4 rings (SSSR count). The Bertz CT molecular complexity index is 715. The van der Waals surface area contributed by atoms with E-state index in [2.05, 4.69) is 46.0 Å². The maximum Gasteiger partial charge on any atom is 0.0577 e. The van der Waals surface area contributed by atoms with Crippen molar-refractivity contribution >= 4 is 0 Å². The van der Waals surface area contributed by atoms with Crippen molar-refractivity contribution < 1.29 is 5.11 Å². The van der Waals surface area contributed by atoms with E-state index in [0.717, 1.165) is 87.4 Å². The van der Waals surface area contributed by atoms with Gasteiger partial charge in [0.2, 0.25) is 0 Å². The number of rotatable bonds is 12. The van der Waals surface area contributed by atoms with Crippen LogP contribution in [0.1, 0.15) is 125 Å². The molecule has 0 radical (unpaired) electrons. The van der Waals surface area contributed by atoms with Crippen molar-refractivity contribution in [2.75, 3.05) is 26.2 Å². The summed E-state index contributed by atoms with van der Waals surface area (Å²) in [7, 11) is 0. The molecule has 38 heavy (non-hydrogen) atoms. The lowest BCUT2D eigenvalue weighted by Crippen LogP contribution is -2.50. The molecule has 0 amide bonds. The summed E-state index contributed by atoms with van der Waals surface area (Å²) in [6.07, 6.45) is 20.5. The van der Waals surface area contributed by atoms with E-state index in [0.29, 0.717) is 10.8 Å². The van der Waals surface area contributed by atoms with Gasteiger partial charge in [0.25, 0.3) is 0 Å². The van der Waals surface area contributed by atoms with Crippen molar-refractivity contribution in [1.29, 1.82) is 0 Å². The number of hydrogen-bond acceptors (Lipinski definition) is 4. The lowest BCUT2D eigenvalue weighted by atomic mass is 9.47. The van der Waals surface area contributed by atoms with Gasteiger partial charge in [0.15, 0.2) is 0 Å². The summed E-state index contributed by atoms with van der Waals surface area (Å²) < 4.78 is 0. The van der Waals surface area contributed by atoms with E-state index in [-0.39, 0.29) is 6.10 Å². The summed E-state index contributed by atoms with van der Waals surface area (Å²) >= 11 is 0. The fraction of sp³-hybridized carbons (Fsp3) is 0.941. The van der Waals surface area contributed by atoms with Crippen LogP contribution >= 0.6 is 0 Å². The summed E-state index contributed by atoms with van der Waals surface area (Å²) in [4.78, 5) is 0. The molecule has 6 N–H and O–H groups in total. The van der Waals surface area contributed by atoms with E-state index >= 15 is 0 Å². The summed E-state index contributed by atoms with van der Waals surface area (Å²) in [6.45, 7) is 16.3. The first kappa shape index (κ1) is 32.1. The number of unbranched alkanes of at least 4 members (excludes halogenated alkanes) is 1. The minimum atomic E-state index is -0.0766. The van der Waals surface area contributed by atoms with Gasteiger partial charge in [-0.25, -0.2) is 0 Å². The number of fused-ring (bicyclic) bond motifs is 5. The zero-order chi connectivity index (χ0) is 27.8. The van der Waals surface area contributed by atoms with Gasteiger partial charge in [0, 0.05) is 0 Å². The molecule has 0 heterocycles. The number of allylic oxidation sites excluding steroid dienone is 1. The molecule has 0 spiro atoms. The quantitative estimate of drug-likeness (QED) is 0.161. The third-order valence-electron chi connectivity index (χ3n) is 11.6. The average molecular weight is 532 g/mol. The minimum absolute atomic E-state index is 0.0766. The van der Waals surface area contributed by atoms with Crippen molar-refractivity contribution in [1.82, 2.24) is 5.32 Å². The normalized spacial score (nSPS) is 37.0. The van der Waals surface area contributed by atoms with E-state index in [1.54, 1.807) is 5.57 Å². The topological polar surface area (TPSA) is 84.3 Å². The van der Waals surface area contributed by atoms with Crippen molar-refractivity contribution in [2.24, 2.45) is 57.8 Å². The van der Waals surface area contributed by atoms with Crippen molar-refractivity contribution in [3.63, 3.8) is 0 Å². The molecular weight excluding hydrogens is 466 g/mol. The first-order chi connectivity index (χ1) is 18.2. The Morgan fingerprint density at radius 3 is 2.34 bits per heavy atom. The molecule has 3 saturated carbocycles. The van der Waals surface area contributed by atoms with Gasteiger partial charge in [-0.15, -0.1) is 0 Å². The molecule has 8 atom stereocenters.